The van der Waals surface area contributed by atoms with Crippen molar-refractivity contribution in [3.63, 3.8) is 0 Å². The number of nitrogens with two attached hydrogens (primary N) is 1. The Balaban J connectivity index is 0.00000242. The average Bonchev–Trinajstić information content (AvgIpc) is 2.49. The highest BCUT2D eigenvalue weighted by Gasteiger charge is 2.11. The van der Waals surface area contributed by atoms with Crippen LogP contribution in [0.4, 0.5) is 11.5 Å². The summed E-state index contributed by atoms with van der Waals surface area (Å²) >= 11 is 0. The lowest BCUT2D eigenvalue weighted by Gasteiger charge is -2.12. The van der Waals surface area contributed by atoms with Crippen molar-refractivity contribution in [2.24, 2.45) is 0 Å². The van der Waals surface area contributed by atoms with Gasteiger partial charge in [-0.1, -0.05) is 19.1 Å². The zero-order valence-corrected chi connectivity index (χ0v) is 13.4. The number of hydrogen-bond acceptors (Lipinski definition) is 4. The van der Waals surface area contributed by atoms with E-state index >= 15 is 0 Å². The number of benzene rings is 1. The van der Waals surface area contributed by atoms with E-state index in [1.807, 2.05) is 31.2 Å². The van der Waals surface area contributed by atoms with Crippen molar-refractivity contribution in [2.75, 3.05) is 18.2 Å². The highest BCUT2D eigenvalue weighted by atomic mass is 35.5. The van der Waals surface area contributed by atoms with Gasteiger partial charge in [-0.25, -0.2) is 4.98 Å². The van der Waals surface area contributed by atoms with E-state index in [2.05, 4.69) is 10.3 Å². The third-order valence-electron chi connectivity index (χ3n) is 3.25. The van der Waals surface area contributed by atoms with Crippen molar-refractivity contribution in [2.45, 2.75) is 19.3 Å². The van der Waals surface area contributed by atoms with Crippen LogP contribution in [-0.4, -0.2) is 18.0 Å². The number of hydrogen-bond donors (Lipinski definition) is 2. The first kappa shape index (κ1) is 17.8. The van der Waals surface area contributed by atoms with Crippen molar-refractivity contribution in [1.29, 1.82) is 0 Å². The van der Waals surface area contributed by atoms with E-state index in [4.69, 9.17) is 10.5 Å². The summed E-state index contributed by atoms with van der Waals surface area (Å²) < 4.78 is 5.12. The number of nitrogens with zero attached hydrogens (tertiary/aromatic N) is 1. The molecule has 1 unspecified atom stereocenters. The molecular weight excluding hydrogens is 302 g/mol. The molecule has 118 valence electrons. The van der Waals surface area contributed by atoms with Gasteiger partial charge in [0.05, 0.1) is 19.0 Å². The molecule has 2 aromatic rings. The molecule has 1 heterocycles. The second-order valence-electron chi connectivity index (χ2n) is 4.90. The van der Waals surface area contributed by atoms with E-state index in [9.17, 15) is 4.79 Å². The highest BCUT2D eigenvalue weighted by molar-refractivity contribution is 5.91. The molecule has 0 saturated heterocycles. The van der Waals surface area contributed by atoms with E-state index in [-0.39, 0.29) is 24.2 Å². The summed E-state index contributed by atoms with van der Waals surface area (Å²) in [6.07, 6.45) is 1.95. The molecular formula is C16H20ClN3O2. The Morgan fingerprint density at radius 3 is 2.50 bits per heavy atom. The Hall–Kier alpha value is -2.27. The Labute approximate surface area is 136 Å². The van der Waals surface area contributed by atoms with Gasteiger partial charge in [-0.3, -0.25) is 4.79 Å². The molecule has 1 aromatic heterocycles. The Bertz CT molecular complexity index is 600. The lowest BCUT2D eigenvalue weighted by molar-refractivity contribution is -0.116. The fourth-order valence-corrected chi connectivity index (χ4v) is 2.02. The molecule has 5 nitrogen and oxygen atoms in total. The first-order chi connectivity index (χ1) is 10.1. The normalized spacial score (nSPS) is 11.2. The summed E-state index contributed by atoms with van der Waals surface area (Å²) in [7, 11) is 1.63. The number of ether oxygens (including phenoxy) is 1. The number of carbonyl (C=O) groups is 1. The van der Waals surface area contributed by atoms with E-state index in [1.165, 1.54) is 0 Å². The van der Waals surface area contributed by atoms with Gasteiger partial charge in [-0.15, -0.1) is 12.4 Å². The summed E-state index contributed by atoms with van der Waals surface area (Å²) in [6, 6.07) is 11.1. The molecule has 22 heavy (non-hydrogen) atoms. The van der Waals surface area contributed by atoms with Crippen LogP contribution in [-0.2, 0) is 4.79 Å². The third-order valence-corrected chi connectivity index (χ3v) is 3.25. The van der Waals surface area contributed by atoms with Gasteiger partial charge in [0.25, 0.3) is 0 Å². The third kappa shape index (κ3) is 4.93. The minimum atomic E-state index is -0.0510. The Kier molecular flexibility index (Phi) is 6.66. The molecule has 1 atom stereocenters. The molecule has 0 spiro atoms. The number of anilines is 2. The number of pyridine rings is 1. The van der Waals surface area contributed by atoms with Gasteiger partial charge in [0.2, 0.25) is 5.91 Å². The Morgan fingerprint density at radius 2 is 1.95 bits per heavy atom. The van der Waals surface area contributed by atoms with Crippen LogP contribution in [0, 0.1) is 0 Å². The second-order valence-corrected chi connectivity index (χ2v) is 4.90. The van der Waals surface area contributed by atoms with Gasteiger partial charge in [-0.05, 0) is 35.7 Å². The van der Waals surface area contributed by atoms with Crippen LogP contribution in [0.5, 0.6) is 5.75 Å². The molecule has 2 rings (SSSR count). The van der Waals surface area contributed by atoms with Crippen LogP contribution in [0.25, 0.3) is 0 Å². The molecule has 0 aliphatic rings. The first-order valence-corrected chi connectivity index (χ1v) is 6.74. The number of methoxy groups -OCH3 is 1. The van der Waals surface area contributed by atoms with Crippen molar-refractivity contribution in [1.82, 2.24) is 4.98 Å². The summed E-state index contributed by atoms with van der Waals surface area (Å²) in [5.74, 6) is 1.31. The summed E-state index contributed by atoms with van der Waals surface area (Å²) in [5, 5.41) is 2.81. The van der Waals surface area contributed by atoms with Crippen molar-refractivity contribution >= 4 is 29.8 Å². The quantitative estimate of drug-likeness (QED) is 0.886. The fraction of sp³-hybridized carbons (Fsp3) is 0.250. The zero-order valence-electron chi connectivity index (χ0n) is 12.6. The van der Waals surface area contributed by atoms with Crippen molar-refractivity contribution in [3.05, 3.63) is 48.2 Å². The summed E-state index contributed by atoms with van der Waals surface area (Å²) in [5.41, 5.74) is 7.25. The van der Waals surface area contributed by atoms with Crippen molar-refractivity contribution in [3.8, 4) is 5.75 Å². The molecule has 0 saturated carbocycles. The zero-order chi connectivity index (χ0) is 15.2. The number of rotatable bonds is 5. The predicted molar refractivity (Wildman–Crippen MR) is 90.6 cm³/mol. The number of amides is 1. The fourth-order valence-electron chi connectivity index (χ4n) is 2.02. The smallest absolute Gasteiger partial charge is 0.225 e. The van der Waals surface area contributed by atoms with Crippen LogP contribution < -0.4 is 15.8 Å². The topological polar surface area (TPSA) is 77.2 Å². The molecule has 0 aliphatic carbocycles. The van der Waals surface area contributed by atoms with Gasteiger partial charge in [0.1, 0.15) is 11.6 Å². The minimum absolute atomic E-state index is 0. The van der Waals surface area contributed by atoms with Gasteiger partial charge in [-0.2, -0.15) is 0 Å². The lowest BCUT2D eigenvalue weighted by atomic mass is 9.97. The maximum Gasteiger partial charge on any atom is 0.225 e. The van der Waals surface area contributed by atoms with E-state index in [0.29, 0.717) is 17.9 Å². The molecule has 0 radical (unpaired) electrons. The number of nitrogens with one attached hydrogen (secondary N) is 1. The van der Waals surface area contributed by atoms with E-state index in [0.717, 1.165) is 11.3 Å². The standard InChI is InChI=1S/C16H19N3O2.ClH/c1-11(12-3-6-14(21-2)7-4-12)9-16(20)19-13-5-8-15(17)18-10-13;/h3-8,10-11H,9H2,1-2H3,(H2,17,18)(H,19,20);1H. The lowest BCUT2D eigenvalue weighted by Crippen LogP contribution is -2.14. The maximum atomic E-state index is 12.0. The first-order valence-electron chi connectivity index (χ1n) is 6.74. The molecule has 1 aromatic carbocycles. The SMILES string of the molecule is COc1ccc(C(C)CC(=O)Nc2ccc(N)nc2)cc1.Cl. The average molecular weight is 322 g/mol. The number of aromatic nitrogens is 1. The Morgan fingerprint density at radius 1 is 1.27 bits per heavy atom. The van der Waals surface area contributed by atoms with Crippen LogP contribution in [0.3, 0.4) is 0 Å². The molecule has 0 bridgehead atoms. The van der Waals surface area contributed by atoms with Gasteiger partial charge in [0.15, 0.2) is 0 Å². The van der Waals surface area contributed by atoms with Gasteiger partial charge >= 0.3 is 0 Å². The van der Waals surface area contributed by atoms with Crippen molar-refractivity contribution < 1.29 is 9.53 Å². The highest BCUT2D eigenvalue weighted by Crippen LogP contribution is 2.22. The molecule has 6 heteroatoms. The number of halogens is 1. The van der Waals surface area contributed by atoms with E-state index < -0.39 is 0 Å². The van der Waals surface area contributed by atoms with Crippen LogP contribution in [0.2, 0.25) is 0 Å². The molecule has 0 aliphatic heterocycles. The van der Waals surface area contributed by atoms with E-state index in [1.54, 1.807) is 25.4 Å². The van der Waals surface area contributed by atoms with Gasteiger partial charge < -0.3 is 15.8 Å². The van der Waals surface area contributed by atoms with Gasteiger partial charge in [0, 0.05) is 6.42 Å². The summed E-state index contributed by atoms with van der Waals surface area (Å²) in [4.78, 5) is 15.9. The number of nitrogen functional groups attached to an aromatic ring is 1. The largest absolute Gasteiger partial charge is 0.497 e. The van der Waals surface area contributed by atoms with Crippen LogP contribution in [0.15, 0.2) is 42.6 Å². The van der Waals surface area contributed by atoms with Crippen LogP contribution in [0.1, 0.15) is 24.8 Å². The molecule has 1 amide bonds. The number of carbonyl (C=O) groups excluding carboxylic acids is 1. The monoisotopic (exact) mass is 321 g/mol. The summed E-state index contributed by atoms with van der Waals surface area (Å²) in [6.45, 7) is 2.02. The minimum Gasteiger partial charge on any atom is -0.497 e. The van der Waals surface area contributed by atoms with Crippen LogP contribution >= 0.6 is 12.4 Å². The predicted octanol–water partition coefficient (Wildman–Crippen LogP) is 3.23. The molecule has 3 N–H and O–H groups in total. The second kappa shape index (κ2) is 8.24. The maximum absolute atomic E-state index is 12.0. The molecule has 0 fully saturated rings.